The van der Waals surface area contributed by atoms with Gasteiger partial charge in [0.1, 0.15) is 0 Å². The SMILES string of the molecule is CCC(=O)Nc1ccc(NC(=O)CSc2nc3c(c(=O)n(C)c(=O)n3C)n2C(C)C)cc1. The molecule has 10 nitrogen and oxygen atoms in total. The number of aryl methyl sites for hydroxylation is 1. The van der Waals surface area contributed by atoms with Crippen LogP contribution in [0.2, 0.25) is 0 Å². The van der Waals surface area contributed by atoms with Gasteiger partial charge in [0.15, 0.2) is 16.3 Å². The number of aromatic nitrogens is 4. The van der Waals surface area contributed by atoms with Crippen LogP contribution < -0.4 is 21.9 Å². The molecule has 170 valence electrons. The lowest BCUT2D eigenvalue weighted by Crippen LogP contribution is -2.37. The van der Waals surface area contributed by atoms with E-state index in [1.165, 1.54) is 23.4 Å². The summed E-state index contributed by atoms with van der Waals surface area (Å²) in [5, 5.41) is 6.03. The van der Waals surface area contributed by atoms with Gasteiger partial charge in [-0.1, -0.05) is 18.7 Å². The Kier molecular flexibility index (Phi) is 6.87. The van der Waals surface area contributed by atoms with Crippen LogP contribution in [-0.2, 0) is 23.7 Å². The zero-order valence-electron chi connectivity index (χ0n) is 18.6. The third kappa shape index (κ3) is 4.62. The minimum Gasteiger partial charge on any atom is -0.326 e. The van der Waals surface area contributed by atoms with E-state index in [0.29, 0.717) is 34.1 Å². The van der Waals surface area contributed by atoms with Gasteiger partial charge in [-0.05, 0) is 38.1 Å². The molecule has 0 radical (unpaired) electrons. The van der Waals surface area contributed by atoms with E-state index in [1.807, 2.05) is 13.8 Å². The Hall–Kier alpha value is -3.34. The van der Waals surface area contributed by atoms with E-state index in [-0.39, 0.29) is 23.6 Å². The molecule has 0 aliphatic rings. The Morgan fingerprint density at radius 2 is 1.56 bits per heavy atom. The molecule has 32 heavy (non-hydrogen) atoms. The quantitative estimate of drug-likeness (QED) is 0.523. The van der Waals surface area contributed by atoms with Crippen molar-refractivity contribution in [2.75, 3.05) is 16.4 Å². The maximum absolute atomic E-state index is 12.7. The van der Waals surface area contributed by atoms with Gasteiger partial charge in [-0.15, -0.1) is 0 Å². The number of nitrogens with one attached hydrogen (secondary N) is 2. The molecule has 0 saturated heterocycles. The predicted octanol–water partition coefficient (Wildman–Crippen LogP) is 2.09. The number of imidazole rings is 1. The summed E-state index contributed by atoms with van der Waals surface area (Å²) < 4.78 is 4.13. The highest BCUT2D eigenvalue weighted by atomic mass is 32.2. The molecular formula is C21H26N6O4S. The second kappa shape index (κ2) is 9.43. The summed E-state index contributed by atoms with van der Waals surface area (Å²) in [4.78, 5) is 53.4. The average Bonchev–Trinajstić information content (AvgIpc) is 3.16. The predicted molar refractivity (Wildman–Crippen MR) is 125 cm³/mol. The van der Waals surface area contributed by atoms with Crippen molar-refractivity contribution < 1.29 is 9.59 Å². The fraction of sp³-hybridized carbons (Fsp3) is 0.381. The van der Waals surface area contributed by atoms with E-state index in [9.17, 15) is 19.2 Å². The van der Waals surface area contributed by atoms with Crippen LogP contribution in [0.1, 0.15) is 33.2 Å². The number of anilines is 2. The van der Waals surface area contributed by atoms with Crippen molar-refractivity contribution in [2.24, 2.45) is 14.1 Å². The second-order valence-corrected chi connectivity index (χ2v) is 8.49. The Morgan fingerprint density at radius 3 is 2.09 bits per heavy atom. The Labute approximate surface area is 188 Å². The summed E-state index contributed by atoms with van der Waals surface area (Å²) in [5.74, 6) is -0.262. The molecule has 2 amide bonds. The third-order valence-corrected chi connectivity index (χ3v) is 5.83. The summed E-state index contributed by atoms with van der Waals surface area (Å²) in [6.45, 7) is 5.59. The lowest BCUT2D eigenvalue weighted by Gasteiger charge is -2.12. The van der Waals surface area contributed by atoms with Crippen LogP contribution in [0.4, 0.5) is 11.4 Å². The van der Waals surface area contributed by atoms with Crippen molar-refractivity contribution >= 4 is 46.1 Å². The molecule has 0 spiro atoms. The zero-order valence-corrected chi connectivity index (χ0v) is 19.4. The smallest absolute Gasteiger partial charge is 0.326 e. The van der Waals surface area contributed by atoms with Gasteiger partial charge in [0, 0.05) is 37.9 Å². The van der Waals surface area contributed by atoms with Gasteiger partial charge in [-0.25, -0.2) is 9.78 Å². The van der Waals surface area contributed by atoms with Crippen LogP contribution in [0.3, 0.4) is 0 Å². The van der Waals surface area contributed by atoms with Crippen LogP contribution in [-0.4, -0.2) is 36.3 Å². The first kappa shape index (κ1) is 23.3. The van der Waals surface area contributed by atoms with Crippen LogP contribution in [0.15, 0.2) is 39.0 Å². The molecule has 2 aromatic heterocycles. The fourth-order valence-electron chi connectivity index (χ4n) is 3.19. The molecular weight excluding hydrogens is 432 g/mol. The molecule has 0 bridgehead atoms. The molecule has 0 aliphatic carbocycles. The van der Waals surface area contributed by atoms with Crippen molar-refractivity contribution in [3.05, 3.63) is 45.1 Å². The number of hydrogen-bond acceptors (Lipinski definition) is 6. The number of rotatable bonds is 7. The summed E-state index contributed by atoms with van der Waals surface area (Å²) >= 11 is 1.19. The molecule has 0 atom stereocenters. The number of thioether (sulfide) groups is 1. The lowest BCUT2D eigenvalue weighted by atomic mass is 10.2. The van der Waals surface area contributed by atoms with E-state index in [2.05, 4.69) is 15.6 Å². The Morgan fingerprint density at radius 1 is 1.00 bits per heavy atom. The van der Waals surface area contributed by atoms with Crippen LogP contribution in [0.25, 0.3) is 11.2 Å². The molecule has 2 N–H and O–H groups in total. The lowest BCUT2D eigenvalue weighted by molar-refractivity contribution is -0.116. The molecule has 3 rings (SSSR count). The van der Waals surface area contributed by atoms with E-state index in [4.69, 9.17) is 0 Å². The van der Waals surface area contributed by atoms with Crippen molar-refractivity contribution in [2.45, 2.75) is 38.4 Å². The zero-order chi connectivity index (χ0) is 23.6. The van der Waals surface area contributed by atoms with Gasteiger partial charge in [-0.2, -0.15) is 0 Å². The summed E-state index contributed by atoms with van der Waals surface area (Å²) in [5.41, 5.74) is 0.997. The number of carbonyl (C=O) groups is 2. The number of amides is 2. The van der Waals surface area contributed by atoms with E-state index >= 15 is 0 Å². The number of hydrogen-bond donors (Lipinski definition) is 2. The van der Waals surface area contributed by atoms with Crippen LogP contribution in [0, 0.1) is 0 Å². The largest absolute Gasteiger partial charge is 0.332 e. The molecule has 3 aromatic rings. The number of carbonyl (C=O) groups excluding carboxylic acids is 2. The minimum atomic E-state index is -0.455. The van der Waals surface area contributed by atoms with Gasteiger partial charge in [0.2, 0.25) is 11.8 Å². The molecule has 0 aliphatic heterocycles. The van der Waals surface area contributed by atoms with Crippen molar-refractivity contribution in [1.82, 2.24) is 18.7 Å². The van der Waals surface area contributed by atoms with E-state index in [1.54, 1.807) is 42.8 Å². The second-order valence-electron chi connectivity index (χ2n) is 7.55. The monoisotopic (exact) mass is 458 g/mol. The van der Waals surface area contributed by atoms with Crippen LogP contribution >= 0.6 is 11.8 Å². The van der Waals surface area contributed by atoms with E-state index in [0.717, 1.165) is 4.57 Å². The number of fused-ring (bicyclic) bond motifs is 1. The summed E-state index contributed by atoms with van der Waals surface area (Å²) in [6, 6.07) is 6.74. The highest BCUT2D eigenvalue weighted by molar-refractivity contribution is 7.99. The first-order valence-electron chi connectivity index (χ1n) is 10.1. The van der Waals surface area contributed by atoms with Gasteiger partial charge >= 0.3 is 5.69 Å². The molecule has 0 unspecified atom stereocenters. The molecule has 11 heteroatoms. The molecule has 0 fully saturated rings. The van der Waals surface area contributed by atoms with Gasteiger partial charge in [-0.3, -0.25) is 23.5 Å². The molecule has 0 saturated carbocycles. The van der Waals surface area contributed by atoms with Gasteiger partial charge in [0.25, 0.3) is 5.56 Å². The Balaban J connectivity index is 1.78. The fourth-order valence-corrected chi connectivity index (χ4v) is 4.11. The summed E-state index contributed by atoms with van der Waals surface area (Å²) in [6.07, 6.45) is 0.386. The van der Waals surface area contributed by atoms with Crippen LogP contribution in [0.5, 0.6) is 0 Å². The first-order valence-corrected chi connectivity index (χ1v) is 11.1. The van der Waals surface area contributed by atoms with E-state index < -0.39 is 11.2 Å². The number of benzene rings is 1. The molecule has 2 heterocycles. The topological polar surface area (TPSA) is 120 Å². The van der Waals surface area contributed by atoms with Crippen molar-refractivity contribution in [3.63, 3.8) is 0 Å². The summed E-state index contributed by atoms with van der Waals surface area (Å²) in [7, 11) is 3.00. The number of nitrogens with zero attached hydrogens (tertiary/aromatic N) is 4. The normalized spacial score (nSPS) is 11.2. The third-order valence-electron chi connectivity index (χ3n) is 4.88. The average molecular weight is 459 g/mol. The van der Waals surface area contributed by atoms with Gasteiger partial charge < -0.3 is 15.2 Å². The Bertz CT molecular complexity index is 1290. The van der Waals surface area contributed by atoms with Gasteiger partial charge in [0.05, 0.1) is 5.75 Å². The molecule has 1 aromatic carbocycles. The maximum atomic E-state index is 12.7. The maximum Gasteiger partial charge on any atom is 0.332 e. The highest BCUT2D eigenvalue weighted by Crippen LogP contribution is 2.25. The minimum absolute atomic E-state index is 0.0681. The van der Waals surface area contributed by atoms with Crippen molar-refractivity contribution in [3.8, 4) is 0 Å². The highest BCUT2D eigenvalue weighted by Gasteiger charge is 2.21. The first-order chi connectivity index (χ1) is 15.1. The standard InChI is InChI=1S/C21H26N6O4S/c1-6-15(28)22-13-7-9-14(10-8-13)23-16(29)11-32-20-24-18-17(27(20)12(2)3)19(30)26(5)21(31)25(18)4/h7-10,12H,6,11H2,1-5H3,(H,22,28)(H,23,29). The van der Waals surface area contributed by atoms with Crippen molar-refractivity contribution in [1.29, 1.82) is 0 Å².